The molecule has 1 aliphatic heterocycles. The second-order valence-corrected chi connectivity index (χ2v) is 4.51. The molecule has 5 nitrogen and oxygen atoms in total. The van der Waals surface area contributed by atoms with Crippen molar-refractivity contribution in [3.05, 3.63) is 23.8 Å². The number of carboxylic acid groups (broad SMARTS) is 1. The Morgan fingerprint density at radius 3 is 2.89 bits per heavy atom. The largest absolute Gasteiger partial charge is 0.491 e. The van der Waals surface area contributed by atoms with Crippen LogP contribution in [0, 0.1) is 0 Å². The second kappa shape index (κ2) is 5.27. The zero-order valence-corrected chi connectivity index (χ0v) is 10.3. The number of carbonyl (C=O) groups is 1. The minimum absolute atomic E-state index is 0.0908. The zero-order valence-electron chi connectivity index (χ0n) is 10.3. The zero-order chi connectivity index (χ0) is 13.1. The molecular formula is C13H17NO4. The Hall–Kier alpha value is -1.75. The molecule has 3 N–H and O–H groups in total. The summed E-state index contributed by atoms with van der Waals surface area (Å²) in [5.74, 6) is -0.465. The molecule has 18 heavy (non-hydrogen) atoms. The van der Waals surface area contributed by atoms with Crippen molar-refractivity contribution >= 4 is 11.7 Å². The van der Waals surface area contributed by atoms with Gasteiger partial charge in [-0.25, -0.2) is 4.79 Å². The smallest absolute Gasteiger partial charge is 0.337 e. The van der Waals surface area contributed by atoms with Crippen molar-refractivity contribution in [2.75, 3.05) is 12.3 Å². The minimum Gasteiger partial charge on any atom is -0.491 e. The predicted octanol–water partition coefficient (Wildman–Crippen LogP) is 1.91. The molecule has 1 aromatic carbocycles. The fourth-order valence-corrected chi connectivity index (χ4v) is 2.02. The molecule has 2 atom stereocenters. The highest BCUT2D eigenvalue weighted by Gasteiger charge is 2.22. The summed E-state index contributed by atoms with van der Waals surface area (Å²) in [5, 5.41) is 8.85. The highest BCUT2D eigenvalue weighted by Crippen LogP contribution is 2.23. The van der Waals surface area contributed by atoms with Gasteiger partial charge in [-0.2, -0.15) is 0 Å². The molecule has 2 rings (SSSR count). The molecule has 1 heterocycles. The average molecular weight is 251 g/mol. The van der Waals surface area contributed by atoms with Crippen LogP contribution in [0.5, 0.6) is 5.75 Å². The number of nitrogens with two attached hydrogens (primary N) is 1. The lowest BCUT2D eigenvalue weighted by atomic mass is 10.2. The lowest BCUT2D eigenvalue weighted by Gasteiger charge is -2.13. The van der Waals surface area contributed by atoms with Gasteiger partial charge in [-0.15, -0.1) is 0 Å². The summed E-state index contributed by atoms with van der Waals surface area (Å²) in [5.41, 5.74) is 5.94. The van der Waals surface area contributed by atoms with E-state index < -0.39 is 5.97 Å². The summed E-state index contributed by atoms with van der Waals surface area (Å²) in [6, 6.07) is 4.59. The molecule has 1 aliphatic rings. The van der Waals surface area contributed by atoms with Crippen molar-refractivity contribution in [2.24, 2.45) is 0 Å². The lowest BCUT2D eigenvalue weighted by Crippen LogP contribution is -2.18. The monoisotopic (exact) mass is 251 g/mol. The SMILES string of the molecule is CC1CCC(COc2ccc(C(=O)O)c(N)c2)O1. The molecule has 2 unspecified atom stereocenters. The normalized spacial score (nSPS) is 22.9. The van der Waals surface area contributed by atoms with Crippen LogP contribution in [-0.4, -0.2) is 29.9 Å². The van der Waals surface area contributed by atoms with Crippen LogP contribution in [0.25, 0.3) is 0 Å². The van der Waals surface area contributed by atoms with Crippen molar-refractivity contribution in [1.29, 1.82) is 0 Å². The van der Waals surface area contributed by atoms with Gasteiger partial charge in [0.1, 0.15) is 12.4 Å². The Morgan fingerprint density at radius 1 is 1.56 bits per heavy atom. The highest BCUT2D eigenvalue weighted by molar-refractivity contribution is 5.93. The van der Waals surface area contributed by atoms with E-state index in [1.54, 1.807) is 6.07 Å². The summed E-state index contributed by atoms with van der Waals surface area (Å²) in [6.07, 6.45) is 2.44. The van der Waals surface area contributed by atoms with Gasteiger partial charge in [0.25, 0.3) is 0 Å². The molecule has 0 bridgehead atoms. The van der Waals surface area contributed by atoms with E-state index >= 15 is 0 Å². The number of hydrogen-bond donors (Lipinski definition) is 2. The number of aromatic carboxylic acids is 1. The average Bonchev–Trinajstić information content (AvgIpc) is 2.72. The Bertz CT molecular complexity index is 447. The van der Waals surface area contributed by atoms with Gasteiger partial charge in [-0.3, -0.25) is 0 Å². The van der Waals surface area contributed by atoms with Crippen LogP contribution in [0.1, 0.15) is 30.1 Å². The van der Waals surface area contributed by atoms with E-state index in [1.807, 2.05) is 6.92 Å². The third-order valence-corrected chi connectivity index (χ3v) is 3.01. The van der Waals surface area contributed by atoms with Crippen LogP contribution in [-0.2, 0) is 4.74 Å². The fourth-order valence-electron chi connectivity index (χ4n) is 2.02. The number of benzene rings is 1. The molecule has 1 aromatic rings. The van der Waals surface area contributed by atoms with Crippen molar-refractivity contribution < 1.29 is 19.4 Å². The van der Waals surface area contributed by atoms with Gasteiger partial charge in [0.2, 0.25) is 0 Å². The number of ether oxygens (including phenoxy) is 2. The maximum Gasteiger partial charge on any atom is 0.337 e. The van der Waals surface area contributed by atoms with Crippen molar-refractivity contribution in [3.8, 4) is 5.75 Å². The maximum absolute atomic E-state index is 10.8. The first kappa shape index (κ1) is 12.7. The predicted molar refractivity (Wildman–Crippen MR) is 66.9 cm³/mol. The first-order valence-corrected chi connectivity index (χ1v) is 5.97. The van der Waals surface area contributed by atoms with Gasteiger partial charge < -0.3 is 20.3 Å². The standard InChI is InChI=1S/C13H17NO4/c1-8-2-3-10(18-8)7-17-9-4-5-11(13(15)16)12(14)6-9/h4-6,8,10H,2-3,7,14H2,1H3,(H,15,16). The van der Waals surface area contributed by atoms with Gasteiger partial charge in [-0.1, -0.05) is 0 Å². The molecule has 5 heteroatoms. The van der Waals surface area contributed by atoms with Gasteiger partial charge in [0, 0.05) is 11.8 Å². The molecule has 0 aromatic heterocycles. The first-order chi connectivity index (χ1) is 8.56. The maximum atomic E-state index is 10.8. The van der Waals surface area contributed by atoms with E-state index in [2.05, 4.69) is 0 Å². The second-order valence-electron chi connectivity index (χ2n) is 4.51. The number of hydrogen-bond acceptors (Lipinski definition) is 4. The van der Waals surface area contributed by atoms with Gasteiger partial charge in [-0.05, 0) is 31.9 Å². The molecule has 0 aliphatic carbocycles. The molecule has 1 saturated heterocycles. The third kappa shape index (κ3) is 2.92. The third-order valence-electron chi connectivity index (χ3n) is 3.01. The number of rotatable bonds is 4. The lowest BCUT2D eigenvalue weighted by molar-refractivity contribution is 0.0264. The molecule has 0 radical (unpaired) electrons. The van der Waals surface area contributed by atoms with Crippen molar-refractivity contribution in [2.45, 2.75) is 32.0 Å². The number of anilines is 1. The summed E-state index contributed by atoms with van der Waals surface area (Å²) in [6.45, 7) is 2.51. The van der Waals surface area contributed by atoms with Gasteiger partial charge in [0.15, 0.2) is 0 Å². The molecular weight excluding hydrogens is 234 g/mol. The highest BCUT2D eigenvalue weighted by atomic mass is 16.5. The Balaban J connectivity index is 1.94. The topological polar surface area (TPSA) is 81.8 Å². The minimum atomic E-state index is -1.04. The summed E-state index contributed by atoms with van der Waals surface area (Å²) >= 11 is 0. The van der Waals surface area contributed by atoms with E-state index in [0.717, 1.165) is 12.8 Å². The van der Waals surface area contributed by atoms with E-state index in [9.17, 15) is 4.79 Å². The Labute approximate surface area is 106 Å². The first-order valence-electron chi connectivity index (χ1n) is 5.97. The van der Waals surface area contributed by atoms with Crippen LogP contribution in [0.15, 0.2) is 18.2 Å². The quantitative estimate of drug-likeness (QED) is 0.799. The van der Waals surface area contributed by atoms with E-state index in [0.29, 0.717) is 12.4 Å². The van der Waals surface area contributed by atoms with Crippen molar-refractivity contribution in [1.82, 2.24) is 0 Å². The summed E-state index contributed by atoms with van der Waals surface area (Å²) < 4.78 is 11.2. The molecule has 0 amide bonds. The van der Waals surface area contributed by atoms with E-state index in [4.69, 9.17) is 20.3 Å². The van der Waals surface area contributed by atoms with Crippen LogP contribution < -0.4 is 10.5 Å². The van der Waals surface area contributed by atoms with Crippen LogP contribution >= 0.6 is 0 Å². The van der Waals surface area contributed by atoms with E-state index in [1.165, 1.54) is 12.1 Å². The number of nitrogen functional groups attached to an aromatic ring is 1. The molecule has 98 valence electrons. The molecule has 0 saturated carbocycles. The van der Waals surface area contributed by atoms with Gasteiger partial charge >= 0.3 is 5.97 Å². The number of carboxylic acids is 1. The van der Waals surface area contributed by atoms with E-state index in [-0.39, 0.29) is 23.5 Å². The Kier molecular flexibility index (Phi) is 3.72. The van der Waals surface area contributed by atoms with Crippen molar-refractivity contribution in [3.63, 3.8) is 0 Å². The Morgan fingerprint density at radius 2 is 2.33 bits per heavy atom. The van der Waals surface area contributed by atoms with Crippen LogP contribution in [0.4, 0.5) is 5.69 Å². The summed E-state index contributed by atoms with van der Waals surface area (Å²) in [7, 11) is 0. The van der Waals surface area contributed by atoms with Crippen LogP contribution in [0.3, 0.4) is 0 Å². The molecule has 1 fully saturated rings. The van der Waals surface area contributed by atoms with Gasteiger partial charge in [0.05, 0.1) is 17.8 Å². The fraction of sp³-hybridized carbons (Fsp3) is 0.462. The van der Waals surface area contributed by atoms with Crippen LogP contribution in [0.2, 0.25) is 0 Å². The summed E-state index contributed by atoms with van der Waals surface area (Å²) in [4.78, 5) is 10.8. The molecule has 0 spiro atoms.